The summed E-state index contributed by atoms with van der Waals surface area (Å²) in [6.45, 7) is 6.69. The number of aromatic nitrogens is 1. The van der Waals surface area contributed by atoms with Crippen LogP contribution in [-0.4, -0.2) is 67.0 Å². The molecule has 9 heteroatoms. The van der Waals surface area contributed by atoms with Crippen molar-refractivity contribution in [2.45, 2.75) is 26.2 Å². The average molecular weight is 493 g/mol. The van der Waals surface area contributed by atoms with Gasteiger partial charge in [0.05, 0.1) is 29.1 Å². The molecule has 0 N–H and O–H groups in total. The zero-order valence-corrected chi connectivity index (χ0v) is 20.6. The summed E-state index contributed by atoms with van der Waals surface area (Å²) in [6.07, 6.45) is 1.20. The average Bonchev–Trinajstić information content (AvgIpc) is 3.44. The predicted octanol–water partition coefficient (Wildman–Crippen LogP) is 3.63. The third kappa shape index (κ3) is 5.12. The molecule has 5 rings (SSSR count). The van der Waals surface area contributed by atoms with Crippen molar-refractivity contribution in [3.05, 3.63) is 53.6 Å². The minimum atomic E-state index is -0.233. The van der Waals surface area contributed by atoms with Crippen LogP contribution in [0.25, 0.3) is 10.2 Å². The number of rotatable bonds is 7. The number of carbonyl (C=O) groups excluding carboxylic acids is 3. The van der Waals surface area contributed by atoms with Crippen molar-refractivity contribution >= 4 is 50.1 Å². The van der Waals surface area contributed by atoms with Crippen LogP contribution in [0.4, 0.5) is 10.8 Å². The number of imide groups is 1. The summed E-state index contributed by atoms with van der Waals surface area (Å²) in [5.41, 5.74) is 2.88. The highest BCUT2D eigenvalue weighted by Gasteiger charge is 2.31. The summed E-state index contributed by atoms with van der Waals surface area (Å²) in [4.78, 5) is 48.2. The Balaban J connectivity index is 1.42. The highest BCUT2D eigenvalue weighted by atomic mass is 32.1. The second-order valence-electron chi connectivity index (χ2n) is 8.91. The van der Waals surface area contributed by atoms with E-state index in [1.54, 1.807) is 29.2 Å². The smallest absolute Gasteiger partial charge is 0.260 e. The van der Waals surface area contributed by atoms with Gasteiger partial charge >= 0.3 is 0 Å². The molecule has 2 aliphatic rings. The lowest BCUT2D eigenvalue weighted by Gasteiger charge is -2.28. The predicted molar refractivity (Wildman–Crippen MR) is 136 cm³/mol. The lowest BCUT2D eigenvalue weighted by atomic mass is 10.1. The molecule has 2 aliphatic heterocycles. The maximum atomic E-state index is 13.8. The number of hydrogen-bond acceptors (Lipinski definition) is 7. The molecule has 35 heavy (non-hydrogen) atoms. The van der Waals surface area contributed by atoms with E-state index in [2.05, 4.69) is 11.0 Å². The highest BCUT2D eigenvalue weighted by Crippen LogP contribution is 2.31. The zero-order chi connectivity index (χ0) is 24.4. The second kappa shape index (κ2) is 10.2. The van der Waals surface area contributed by atoms with Crippen LogP contribution in [0.15, 0.2) is 42.5 Å². The first-order valence-electron chi connectivity index (χ1n) is 11.9. The first-order chi connectivity index (χ1) is 17.0. The van der Waals surface area contributed by atoms with Gasteiger partial charge in [0, 0.05) is 44.6 Å². The van der Waals surface area contributed by atoms with E-state index in [1.165, 1.54) is 16.2 Å². The SMILES string of the molecule is Cc1ccc2nc(N(CCCN3CCOCC3)C(=O)c3cccc(N4C(=O)CCC4=O)c3)sc2c1. The summed E-state index contributed by atoms with van der Waals surface area (Å²) in [6, 6.07) is 12.9. The number of amides is 3. The van der Waals surface area contributed by atoms with Crippen LogP contribution < -0.4 is 9.80 Å². The van der Waals surface area contributed by atoms with Crippen LogP contribution in [0.1, 0.15) is 35.2 Å². The van der Waals surface area contributed by atoms with Gasteiger partial charge in [-0.1, -0.05) is 23.5 Å². The van der Waals surface area contributed by atoms with E-state index < -0.39 is 0 Å². The molecule has 0 saturated carbocycles. The zero-order valence-electron chi connectivity index (χ0n) is 19.7. The molecule has 3 aromatic rings. The van der Waals surface area contributed by atoms with Gasteiger partial charge in [-0.05, 0) is 49.2 Å². The van der Waals surface area contributed by atoms with Gasteiger partial charge in [0.2, 0.25) is 11.8 Å². The molecule has 3 amide bonds. The quantitative estimate of drug-likeness (QED) is 0.469. The molecule has 0 aliphatic carbocycles. The van der Waals surface area contributed by atoms with Crippen LogP contribution in [0.2, 0.25) is 0 Å². The Hall–Kier alpha value is -3.14. The number of thiazole rings is 1. The number of anilines is 2. The van der Waals surface area contributed by atoms with Gasteiger partial charge in [-0.25, -0.2) is 4.98 Å². The topological polar surface area (TPSA) is 83.1 Å². The normalized spacial score (nSPS) is 16.9. The molecular formula is C26H28N4O4S. The Morgan fingerprint density at radius 2 is 1.86 bits per heavy atom. The largest absolute Gasteiger partial charge is 0.379 e. The van der Waals surface area contributed by atoms with E-state index in [1.807, 2.05) is 19.1 Å². The fourth-order valence-electron chi connectivity index (χ4n) is 4.49. The van der Waals surface area contributed by atoms with Crippen LogP contribution in [0.5, 0.6) is 0 Å². The van der Waals surface area contributed by atoms with E-state index in [4.69, 9.17) is 9.72 Å². The van der Waals surface area contributed by atoms with Crippen LogP contribution in [-0.2, 0) is 14.3 Å². The molecule has 0 bridgehead atoms. The van der Waals surface area contributed by atoms with Gasteiger partial charge in [-0.2, -0.15) is 0 Å². The van der Waals surface area contributed by atoms with Crippen molar-refractivity contribution in [2.75, 3.05) is 49.2 Å². The molecule has 0 radical (unpaired) electrons. The minimum Gasteiger partial charge on any atom is -0.379 e. The summed E-state index contributed by atoms with van der Waals surface area (Å²) >= 11 is 1.50. The van der Waals surface area contributed by atoms with Crippen molar-refractivity contribution < 1.29 is 19.1 Å². The summed E-state index contributed by atoms with van der Waals surface area (Å²) < 4.78 is 6.47. The molecule has 0 unspecified atom stereocenters. The summed E-state index contributed by atoms with van der Waals surface area (Å²) in [7, 11) is 0. The number of ether oxygens (including phenoxy) is 1. The van der Waals surface area contributed by atoms with Gasteiger partial charge in [0.1, 0.15) is 0 Å². The lowest BCUT2D eigenvalue weighted by Crippen LogP contribution is -2.39. The number of benzene rings is 2. The molecule has 182 valence electrons. The molecule has 2 aromatic carbocycles. The Kier molecular flexibility index (Phi) is 6.90. The van der Waals surface area contributed by atoms with Crippen molar-refractivity contribution in [3.63, 3.8) is 0 Å². The third-order valence-electron chi connectivity index (χ3n) is 6.37. The molecule has 0 spiro atoms. The lowest BCUT2D eigenvalue weighted by molar-refractivity contribution is -0.121. The minimum absolute atomic E-state index is 0.191. The first-order valence-corrected chi connectivity index (χ1v) is 12.8. The van der Waals surface area contributed by atoms with Gasteiger partial charge in [0.15, 0.2) is 5.13 Å². The van der Waals surface area contributed by atoms with E-state index in [-0.39, 0.29) is 30.6 Å². The van der Waals surface area contributed by atoms with E-state index in [9.17, 15) is 14.4 Å². The van der Waals surface area contributed by atoms with Crippen molar-refractivity contribution in [2.24, 2.45) is 0 Å². The van der Waals surface area contributed by atoms with Crippen molar-refractivity contribution in [1.82, 2.24) is 9.88 Å². The van der Waals surface area contributed by atoms with Gasteiger partial charge in [0.25, 0.3) is 5.91 Å². The standard InChI is InChI=1S/C26H28N4O4S/c1-18-6-7-21-22(16-18)35-26(27-21)29(11-3-10-28-12-14-34-15-13-28)25(33)19-4-2-5-20(17-19)30-23(31)8-9-24(30)32/h2,4-7,16-17H,3,8-15H2,1H3. The monoisotopic (exact) mass is 492 g/mol. The Labute approximate surface area is 208 Å². The maximum absolute atomic E-state index is 13.8. The molecule has 3 heterocycles. The summed E-state index contributed by atoms with van der Waals surface area (Å²) in [5.74, 6) is -0.657. The number of morpholine rings is 1. The Morgan fingerprint density at radius 1 is 1.09 bits per heavy atom. The van der Waals surface area contributed by atoms with Gasteiger partial charge in [-0.3, -0.25) is 29.1 Å². The number of fused-ring (bicyclic) bond motifs is 1. The molecule has 1 aromatic heterocycles. The Bertz CT molecular complexity index is 1250. The molecule has 2 saturated heterocycles. The van der Waals surface area contributed by atoms with Crippen molar-refractivity contribution in [1.29, 1.82) is 0 Å². The molecule has 8 nitrogen and oxygen atoms in total. The Morgan fingerprint density at radius 3 is 2.63 bits per heavy atom. The number of hydrogen-bond donors (Lipinski definition) is 0. The van der Waals surface area contributed by atoms with Gasteiger partial charge < -0.3 is 4.74 Å². The fraction of sp³-hybridized carbons (Fsp3) is 0.385. The number of nitrogens with zero attached hydrogens (tertiary/aromatic N) is 4. The summed E-state index contributed by atoms with van der Waals surface area (Å²) in [5, 5.41) is 0.649. The van der Waals surface area contributed by atoms with Crippen LogP contribution in [0, 0.1) is 6.92 Å². The fourth-order valence-corrected chi connectivity index (χ4v) is 5.58. The molecule has 2 fully saturated rings. The number of carbonyl (C=O) groups is 3. The molecule has 0 atom stereocenters. The third-order valence-corrected chi connectivity index (χ3v) is 7.41. The van der Waals surface area contributed by atoms with Gasteiger partial charge in [-0.15, -0.1) is 0 Å². The second-order valence-corrected chi connectivity index (χ2v) is 9.91. The highest BCUT2D eigenvalue weighted by molar-refractivity contribution is 7.22. The van der Waals surface area contributed by atoms with E-state index in [0.717, 1.165) is 55.0 Å². The molecular weight excluding hydrogens is 464 g/mol. The number of aryl methyl sites for hydroxylation is 1. The maximum Gasteiger partial charge on any atom is 0.260 e. The van der Waals surface area contributed by atoms with Crippen LogP contribution in [0.3, 0.4) is 0 Å². The van der Waals surface area contributed by atoms with E-state index >= 15 is 0 Å². The van der Waals surface area contributed by atoms with E-state index in [0.29, 0.717) is 22.9 Å². The van der Waals surface area contributed by atoms with Crippen molar-refractivity contribution in [3.8, 4) is 0 Å². The van der Waals surface area contributed by atoms with Crippen LogP contribution >= 0.6 is 11.3 Å². The first kappa shape index (κ1) is 23.6.